The summed E-state index contributed by atoms with van der Waals surface area (Å²) in [6, 6.07) is 0. The predicted molar refractivity (Wildman–Crippen MR) is 27.1 cm³/mol. The number of rotatable bonds is 2. The molecule has 0 N–H and O–H groups in total. The smallest absolute Gasteiger partial charge is 0.264 e. The zero-order valence-electron chi connectivity index (χ0n) is 5.10. The van der Waals surface area contributed by atoms with E-state index in [1.54, 1.807) is 0 Å². The molecule has 0 atom stereocenters. The van der Waals surface area contributed by atoms with Gasteiger partial charge in [-0.3, -0.25) is 10.1 Å². The Morgan fingerprint density at radius 3 is 1.89 bits per heavy atom. The molecule has 3 nitrogen and oxygen atoms in total. The fourth-order valence-electron chi connectivity index (χ4n) is 0.0797. The van der Waals surface area contributed by atoms with Gasteiger partial charge in [-0.2, -0.15) is 0 Å². The number of nitrogens with zero attached hydrogens (tertiary/aromatic N) is 1. The summed E-state index contributed by atoms with van der Waals surface area (Å²) >= 11 is 0. The van der Waals surface area contributed by atoms with Gasteiger partial charge < -0.3 is 0 Å². The van der Waals surface area contributed by atoms with Crippen LogP contribution in [0.25, 0.3) is 0 Å². The monoisotopic (exact) mass is 139 g/mol. The van der Waals surface area contributed by atoms with Gasteiger partial charge in [0.1, 0.15) is 0 Å². The van der Waals surface area contributed by atoms with Crippen molar-refractivity contribution in [1.29, 1.82) is 0 Å². The van der Waals surface area contributed by atoms with Gasteiger partial charge in [0.2, 0.25) is 0 Å². The van der Waals surface area contributed by atoms with Crippen LogP contribution in [0, 0.1) is 10.1 Å². The number of hydrogen-bond acceptors (Lipinski definition) is 2. The van der Waals surface area contributed by atoms with Crippen LogP contribution in [0.15, 0.2) is 0 Å². The minimum Gasteiger partial charge on any atom is -0.264 e. The van der Waals surface area contributed by atoms with E-state index in [2.05, 4.69) is 0 Å². The molecule has 0 spiro atoms. The standard InChI is InChI=1S/C4H7F2NO2/c1-4(2,3(5)6)7(8)9/h3H,1-2H3. The van der Waals surface area contributed by atoms with E-state index in [1.165, 1.54) is 0 Å². The Bertz CT molecular complexity index is 124. The molecule has 0 aromatic carbocycles. The summed E-state index contributed by atoms with van der Waals surface area (Å²) in [5.41, 5.74) is -2.11. The van der Waals surface area contributed by atoms with Gasteiger partial charge in [0, 0.05) is 18.8 Å². The highest BCUT2D eigenvalue weighted by Gasteiger charge is 2.41. The molecule has 5 heteroatoms. The lowest BCUT2D eigenvalue weighted by Gasteiger charge is -2.12. The van der Waals surface area contributed by atoms with E-state index < -0.39 is 16.9 Å². The molecule has 0 rings (SSSR count). The minimum absolute atomic E-state index is 0.887. The average molecular weight is 139 g/mol. The topological polar surface area (TPSA) is 43.1 Å². The van der Waals surface area contributed by atoms with Crippen LogP contribution < -0.4 is 0 Å². The first-order chi connectivity index (χ1) is 3.89. The quantitative estimate of drug-likeness (QED) is 0.427. The van der Waals surface area contributed by atoms with Crippen molar-refractivity contribution in [3.05, 3.63) is 10.1 Å². The molecule has 0 saturated carbocycles. The highest BCUT2D eigenvalue weighted by Crippen LogP contribution is 2.17. The summed E-state index contributed by atoms with van der Waals surface area (Å²) in [4.78, 5) is 8.80. The first-order valence-corrected chi connectivity index (χ1v) is 2.31. The number of halogens is 2. The second-order valence-electron chi connectivity index (χ2n) is 2.21. The molecular formula is C4H7F2NO2. The summed E-state index contributed by atoms with van der Waals surface area (Å²) in [6.45, 7) is 1.77. The molecule has 0 fully saturated rings. The highest BCUT2D eigenvalue weighted by atomic mass is 19.3. The Morgan fingerprint density at radius 1 is 1.56 bits per heavy atom. The molecule has 0 bridgehead atoms. The van der Waals surface area contributed by atoms with Gasteiger partial charge in [0.05, 0.1) is 0 Å². The van der Waals surface area contributed by atoms with Gasteiger partial charge in [-0.15, -0.1) is 0 Å². The molecule has 0 unspecified atom stereocenters. The summed E-state index contributed by atoms with van der Waals surface area (Å²) in [5, 5.41) is 9.79. The van der Waals surface area contributed by atoms with Crippen molar-refractivity contribution in [2.45, 2.75) is 25.8 Å². The number of hydrogen-bond donors (Lipinski definition) is 0. The van der Waals surface area contributed by atoms with Crippen LogP contribution in [0.3, 0.4) is 0 Å². The molecule has 0 aliphatic heterocycles. The van der Waals surface area contributed by atoms with E-state index in [4.69, 9.17) is 0 Å². The molecule has 0 aliphatic carbocycles. The Morgan fingerprint density at radius 2 is 1.89 bits per heavy atom. The zero-order valence-corrected chi connectivity index (χ0v) is 5.10. The maximum absolute atomic E-state index is 11.6. The predicted octanol–water partition coefficient (Wildman–Crippen LogP) is 1.31. The maximum Gasteiger partial charge on any atom is 0.306 e. The van der Waals surface area contributed by atoms with Crippen LogP contribution in [0.4, 0.5) is 8.78 Å². The van der Waals surface area contributed by atoms with Crippen molar-refractivity contribution >= 4 is 0 Å². The Labute approximate surface area is 50.8 Å². The lowest BCUT2D eigenvalue weighted by atomic mass is 10.1. The largest absolute Gasteiger partial charge is 0.306 e. The van der Waals surface area contributed by atoms with Crippen LogP contribution >= 0.6 is 0 Å². The molecule has 0 aromatic heterocycles. The summed E-state index contributed by atoms with van der Waals surface area (Å²) in [6.07, 6.45) is -2.91. The van der Waals surface area contributed by atoms with Gasteiger partial charge >= 0.3 is 6.43 Å². The van der Waals surface area contributed by atoms with E-state index in [9.17, 15) is 18.9 Å². The average Bonchev–Trinajstić information content (AvgIpc) is 1.65. The molecular weight excluding hydrogens is 132 g/mol. The molecule has 0 radical (unpaired) electrons. The molecule has 9 heavy (non-hydrogen) atoms. The molecule has 54 valence electrons. The lowest BCUT2D eigenvalue weighted by molar-refractivity contribution is -0.576. The van der Waals surface area contributed by atoms with E-state index >= 15 is 0 Å². The van der Waals surface area contributed by atoms with Gasteiger partial charge in [0.25, 0.3) is 5.54 Å². The highest BCUT2D eigenvalue weighted by molar-refractivity contribution is 4.68. The van der Waals surface area contributed by atoms with Gasteiger partial charge in [-0.25, -0.2) is 8.78 Å². The van der Waals surface area contributed by atoms with Gasteiger partial charge in [-0.05, 0) is 0 Å². The van der Waals surface area contributed by atoms with Crippen molar-refractivity contribution in [2.75, 3.05) is 0 Å². The SMILES string of the molecule is CC(C)(C(F)F)[N+](=O)[O-]. The van der Waals surface area contributed by atoms with E-state index in [-0.39, 0.29) is 0 Å². The first-order valence-electron chi connectivity index (χ1n) is 2.31. The third kappa shape index (κ3) is 1.58. The first kappa shape index (κ1) is 8.26. The van der Waals surface area contributed by atoms with Gasteiger partial charge in [-0.1, -0.05) is 0 Å². The van der Waals surface area contributed by atoms with Crippen LogP contribution in [0.5, 0.6) is 0 Å². The minimum atomic E-state index is -2.91. The van der Waals surface area contributed by atoms with Crippen LogP contribution in [0.2, 0.25) is 0 Å². The third-order valence-corrected chi connectivity index (χ3v) is 1.00. The fourth-order valence-corrected chi connectivity index (χ4v) is 0.0797. The second kappa shape index (κ2) is 2.24. The van der Waals surface area contributed by atoms with Crippen LogP contribution in [-0.2, 0) is 0 Å². The Kier molecular flexibility index (Phi) is 2.06. The maximum atomic E-state index is 11.6. The van der Waals surface area contributed by atoms with Crippen LogP contribution in [-0.4, -0.2) is 16.9 Å². The van der Waals surface area contributed by atoms with Crippen molar-refractivity contribution in [3.63, 3.8) is 0 Å². The van der Waals surface area contributed by atoms with Crippen LogP contribution in [0.1, 0.15) is 13.8 Å². The molecule has 0 amide bonds. The zero-order chi connectivity index (χ0) is 7.65. The molecule has 0 heterocycles. The second-order valence-corrected chi connectivity index (χ2v) is 2.21. The Hall–Kier alpha value is -0.740. The fraction of sp³-hybridized carbons (Fsp3) is 1.00. The normalized spacial score (nSPS) is 12.1. The summed E-state index contributed by atoms with van der Waals surface area (Å²) in [7, 11) is 0. The summed E-state index contributed by atoms with van der Waals surface area (Å²) in [5.74, 6) is 0. The van der Waals surface area contributed by atoms with Crippen molar-refractivity contribution in [2.24, 2.45) is 0 Å². The Balaban J connectivity index is 4.19. The van der Waals surface area contributed by atoms with Crippen molar-refractivity contribution in [3.8, 4) is 0 Å². The van der Waals surface area contributed by atoms with Crippen molar-refractivity contribution < 1.29 is 13.7 Å². The third-order valence-electron chi connectivity index (χ3n) is 1.00. The molecule has 0 aliphatic rings. The van der Waals surface area contributed by atoms with E-state index in [0.717, 1.165) is 13.8 Å². The van der Waals surface area contributed by atoms with E-state index in [0.29, 0.717) is 0 Å². The van der Waals surface area contributed by atoms with E-state index in [1.807, 2.05) is 0 Å². The number of nitro groups is 1. The molecule has 0 aromatic rings. The molecule has 0 saturated heterocycles. The number of alkyl halides is 2. The van der Waals surface area contributed by atoms with Gasteiger partial charge in [0.15, 0.2) is 0 Å². The van der Waals surface area contributed by atoms with Crippen molar-refractivity contribution in [1.82, 2.24) is 0 Å². The lowest BCUT2D eigenvalue weighted by Crippen LogP contribution is -2.38. The summed E-state index contributed by atoms with van der Waals surface area (Å²) < 4.78 is 23.2.